The summed E-state index contributed by atoms with van der Waals surface area (Å²) in [6.45, 7) is 1.61. The van der Waals surface area contributed by atoms with Crippen molar-refractivity contribution in [2.75, 3.05) is 23.7 Å². The molecule has 2 fully saturated rings. The average Bonchev–Trinajstić information content (AvgIpc) is 3.05. The van der Waals surface area contributed by atoms with Crippen molar-refractivity contribution in [3.63, 3.8) is 0 Å². The van der Waals surface area contributed by atoms with Crippen LogP contribution in [-0.2, 0) is 4.79 Å². The molecule has 2 aliphatic heterocycles. The summed E-state index contributed by atoms with van der Waals surface area (Å²) in [7, 11) is 0. The van der Waals surface area contributed by atoms with E-state index < -0.39 is 0 Å². The molecule has 0 spiro atoms. The normalized spacial score (nSPS) is 25.8. The van der Waals surface area contributed by atoms with Crippen LogP contribution in [0.3, 0.4) is 0 Å². The lowest BCUT2D eigenvalue weighted by atomic mass is 9.91. The Morgan fingerprint density at radius 3 is 3.25 bits per heavy atom. The van der Waals surface area contributed by atoms with Gasteiger partial charge in [-0.3, -0.25) is 4.79 Å². The summed E-state index contributed by atoms with van der Waals surface area (Å²) in [5.74, 6) is 1.42. The molecule has 20 heavy (non-hydrogen) atoms. The number of hydrogen-bond acceptors (Lipinski definition) is 6. The SMILES string of the molecule is Nc1nc(N2CCCC3C(=O)NCC32)c2ccsc2n1. The number of anilines is 2. The van der Waals surface area contributed by atoms with Crippen molar-refractivity contribution >= 4 is 39.2 Å². The van der Waals surface area contributed by atoms with E-state index in [0.717, 1.165) is 35.4 Å². The van der Waals surface area contributed by atoms with Gasteiger partial charge in [-0.05, 0) is 24.3 Å². The highest BCUT2D eigenvalue weighted by molar-refractivity contribution is 7.16. The number of carbonyl (C=O) groups is 1. The first-order valence-corrected chi connectivity index (χ1v) is 7.67. The quantitative estimate of drug-likeness (QED) is 0.818. The summed E-state index contributed by atoms with van der Waals surface area (Å²) < 4.78 is 0. The van der Waals surface area contributed by atoms with E-state index >= 15 is 0 Å². The Labute approximate surface area is 120 Å². The van der Waals surface area contributed by atoms with Gasteiger partial charge in [-0.2, -0.15) is 4.98 Å². The van der Waals surface area contributed by atoms with Crippen LogP contribution >= 0.6 is 11.3 Å². The van der Waals surface area contributed by atoms with Crippen molar-refractivity contribution in [1.82, 2.24) is 15.3 Å². The Kier molecular flexibility index (Phi) is 2.56. The fourth-order valence-corrected chi connectivity index (χ4v) is 4.05. The molecule has 0 bridgehead atoms. The molecule has 3 N–H and O–H groups in total. The molecule has 0 radical (unpaired) electrons. The third kappa shape index (κ3) is 1.66. The largest absolute Gasteiger partial charge is 0.368 e. The summed E-state index contributed by atoms with van der Waals surface area (Å²) in [6.07, 6.45) is 1.96. The Morgan fingerprint density at radius 1 is 1.45 bits per heavy atom. The zero-order valence-corrected chi connectivity index (χ0v) is 11.7. The summed E-state index contributed by atoms with van der Waals surface area (Å²) in [5.41, 5.74) is 5.83. The number of thiophene rings is 1. The molecule has 2 saturated heterocycles. The van der Waals surface area contributed by atoms with Gasteiger partial charge in [0.2, 0.25) is 11.9 Å². The van der Waals surface area contributed by atoms with Gasteiger partial charge >= 0.3 is 0 Å². The summed E-state index contributed by atoms with van der Waals surface area (Å²) in [4.78, 5) is 23.7. The maximum absolute atomic E-state index is 11.9. The molecule has 1 amide bonds. The zero-order valence-electron chi connectivity index (χ0n) is 10.9. The van der Waals surface area contributed by atoms with E-state index in [-0.39, 0.29) is 17.9 Å². The van der Waals surface area contributed by atoms with Crippen LogP contribution in [0.1, 0.15) is 12.8 Å². The molecule has 6 nitrogen and oxygen atoms in total. The summed E-state index contributed by atoms with van der Waals surface area (Å²) >= 11 is 1.57. The van der Waals surface area contributed by atoms with Gasteiger partial charge in [-0.25, -0.2) is 4.98 Å². The van der Waals surface area contributed by atoms with Gasteiger partial charge in [0.1, 0.15) is 10.6 Å². The van der Waals surface area contributed by atoms with Gasteiger partial charge in [0, 0.05) is 13.1 Å². The number of hydrogen-bond donors (Lipinski definition) is 2. The van der Waals surface area contributed by atoms with E-state index in [1.54, 1.807) is 11.3 Å². The summed E-state index contributed by atoms with van der Waals surface area (Å²) in [5, 5.41) is 6.00. The minimum Gasteiger partial charge on any atom is -0.368 e. The molecule has 104 valence electrons. The standard InChI is InChI=1S/C13H15N5OS/c14-13-16-10(8-3-5-20-12(8)17-13)18-4-1-2-7-9(18)6-15-11(7)19/h3,5,7,9H,1-2,4,6H2,(H,15,19)(H2,14,16,17). The molecule has 2 aromatic heterocycles. The fourth-order valence-electron chi connectivity index (χ4n) is 3.29. The van der Waals surface area contributed by atoms with Crippen molar-refractivity contribution in [2.45, 2.75) is 18.9 Å². The molecule has 2 aliphatic rings. The smallest absolute Gasteiger partial charge is 0.225 e. The predicted molar refractivity (Wildman–Crippen MR) is 78.7 cm³/mol. The molecule has 7 heteroatoms. The highest BCUT2D eigenvalue weighted by atomic mass is 32.1. The molecule has 0 aromatic carbocycles. The first-order valence-electron chi connectivity index (χ1n) is 6.79. The molecule has 2 unspecified atom stereocenters. The van der Waals surface area contributed by atoms with Crippen LogP contribution in [0.5, 0.6) is 0 Å². The van der Waals surface area contributed by atoms with Crippen LogP contribution in [0.4, 0.5) is 11.8 Å². The van der Waals surface area contributed by atoms with Gasteiger partial charge in [0.25, 0.3) is 0 Å². The molecule has 4 rings (SSSR count). The molecule has 2 atom stereocenters. The van der Waals surface area contributed by atoms with Crippen LogP contribution < -0.4 is 16.0 Å². The Morgan fingerprint density at radius 2 is 2.35 bits per heavy atom. The number of fused-ring (bicyclic) bond motifs is 2. The number of piperidine rings is 1. The number of carbonyl (C=O) groups excluding carboxylic acids is 1. The van der Waals surface area contributed by atoms with Gasteiger partial charge in [-0.1, -0.05) is 0 Å². The highest BCUT2D eigenvalue weighted by Gasteiger charge is 2.41. The molecular weight excluding hydrogens is 274 g/mol. The minimum atomic E-state index is 0.0774. The zero-order chi connectivity index (χ0) is 13.7. The van der Waals surface area contributed by atoms with E-state index in [0.29, 0.717) is 12.5 Å². The van der Waals surface area contributed by atoms with Crippen molar-refractivity contribution in [3.8, 4) is 0 Å². The number of nitrogens with two attached hydrogens (primary N) is 1. The second-order valence-corrected chi connectivity index (χ2v) is 6.19. The average molecular weight is 289 g/mol. The Hall–Kier alpha value is -1.89. The third-order valence-corrected chi connectivity index (χ3v) is 5.00. The van der Waals surface area contributed by atoms with Crippen LogP contribution in [0, 0.1) is 5.92 Å². The lowest BCUT2D eigenvalue weighted by Gasteiger charge is -2.37. The van der Waals surface area contributed by atoms with Gasteiger partial charge < -0.3 is 16.0 Å². The van der Waals surface area contributed by atoms with Gasteiger partial charge in [0.15, 0.2) is 0 Å². The number of amides is 1. The molecule has 0 aliphatic carbocycles. The van der Waals surface area contributed by atoms with Crippen LogP contribution in [0.15, 0.2) is 11.4 Å². The van der Waals surface area contributed by atoms with Crippen LogP contribution in [-0.4, -0.2) is 35.0 Å². The van der Waals surface area contributed by atoms with Gasteiger partial charge in [-0.15, -0.1) is 11.3 Å². The van der Waals surface area contributed by atoms with Crippen molar-refractivity contribution in [2.24, 2.45) is 5.92 Å². The second kappa shape index (κ2) is 4.31. The molecular formula is C13H15N5OS. The Bertz CT molecular complexity index is 684. The first-order chi connectivity index (χ1) is 9.74. The van der Waals surface area contributed by atoms with Gasteiger partial charge in [0.05, 0.1) is 17.3 Å². The first kappa shape index (κ1) is 11.9. The molecule has 0 saturated carbocycles. The maximum Gasteiger partial charge on any atom is 0.225 e. The number of nitrogens with one attached hydrogen (secondary N) is 1. The van der Waals surface area contributed by atoms with Crippen LogP contribution in [0.2, 0.25) is 0 Å². The number of aromatic nitrogens is 2. The third-order valence-electron chi connectivity index (χ3n) is 4.20. The minimum absolute atomic E-state index is 0.0774. The lowest BCUT2D eigenvalue weighted by Crippen LogP contribution is -2.46. The van der Waals surface area contributed by atoms with Crippen LogP contribution in [0.25, 0.3) is 10.2 Å². The monoisotopic (exact) mass is 289 g/mol. The number of nitrogen functional groups attached to an aromatic ring is 1. The Balaban J connectivity index is 1.82. The maximum atomic E-state index is 11.9. The van der Waals surface area contributed by atoms with E-state index in [4.69, 9.17) is 5.73 Å². The number of rotatable bonds is 1. The predicted octanol–water partition coefficient (Wildman–Crippen LogP) is 0.988. The van der Waals surface area contributed by atoms with Crippen molar-refractivity contribution in [1.29, 1.82) is 0 Å². The molecule has 2 aromatic rings. The van der Waals surface area contributed by atoms with E-state index in [1.807, 2.05) is 11.4 Å². The van der Waals surface area contributed by atoms with Crippen molar-refractivity contribution in [3.05, 3.63) is 11.4 Å². The van der Waals surface area contributed by atoms with Crippen molar-refractivity contribution < 1.29 is 4.79 Å². The topological polar surface area (TPSA) is 84.1 Å². The second-order valence-electron chi connectivity index (χ2n) is 5.30. The lowest BCUT2D eigenvalue weighted by molar-refractivity contribution is -0.122. The summed E-state index contributed by atoms with van der Waals surface area (Å²) in [6, 6.07) is 2.22. The fraction of sp³-hybridized carbons (Fsp3) is 0.462. The van der Waals surface area contributed by atoms with E-state index in [2.05, 4.69) is 20.2 Å². The van der Waals surface area contributed by atoms with E-state index in [9.17, 15) is 4.79 Å². The molecule has 4 heterocycles. The number of nitrogens with zero attached hydrogens (tertiary/aromatic N) is 3. The highest BCUT2D eigenvalue weighted by Crippen LogP contribution is 2.35. The van der Waals surface area contributed by atoms with E-state index in [1.165, 1.54) is 0 Å².